The van der Waals surface area contributed by atoms with Gasteiger partial charge >= 0.3 is 0 Å². The highest BCUT2D eigenvalue weighted by Crippen LogP contribution is 2.19. The molecule has 96 valence electrons. The molecule has 1 aromatic rings. The molecule has 0 amide bonds. The molecule has 6 heteroatoms. The lowest BCUT2D eigenvalue weighted by Crippen LogP contribution is -2.15. The fraction of sp³-hybridized carbons (Fsp3) is 0.364. The van der Waals surface area contributed by atoms with Crippen molar-refractivity contribution in [2.45, 2.75) is 6.54 Å². The summed E-state index contributed by atoms with van der Waals surface area (Å²) < 4.78 is 27.1. The summed E-state index contributed by atoms with van der Waals surface area (Å²) in [5, 5.41) is -0.0910. The molecule has 0 aliphatic heterocycles. The van der Waals surface area contributed by atoms with Gasteiger partial charge < -0.3 is 4.90 Å². The molecule has 0 unspecified atom stereocenters. The van der Waals surface area contributed by atoms with Crippen LogP contribution in [0.25, 0.3) is 0 Å². The predicted molar refractivity (Wildman–Crippen MR) is 72.2 cm³/mol. The molecule has 2 nitrogen and oxygen atoms in total. The Hall–Kier alpha value is -0.330. The van der Waals surface area contributed by atoms with Crippen LogP contribution in [-0.4, -0.2) is 30.1 Å². The van der Waals surface area contributed by atoms with Crippen molar-refractivity contribution in [3.05, 3.63) is 34.9 Å². The van der Waals surface area contributed by atoms with Crippen LogP contribution in [0.3, 0.4) is 0 Å². The van der Waals surface area contributed by atoms with Gasteiger partial charge in [0.15, 0.2) is 5.78 Å². The third-order valence-electron chi connectivity index (χ3n) is 2.06. The van der Waals surface area contributed by atoms with Gasteiger partial charge in [0, 0.05) is 12.1 Å². The standard InChI is InChI=1S/C11H12BrF2NO.BrH/c1-15(2)6-7-3-4-8(13)10(11(7)14)9(16)5-12;/h3-4H,5-6H2,1-2H3;1H. The number of Topliss-reactive ketones (excluding diaryl/α,β-unsaturated/α-hetero) is 1. The topological polar surface area (TPSA) is 20.3 Å². The van der Waals surface area contributed by atoms with Crippen LogP contribution in [0.15, 0.2) is 12.1 Å². The van der Waals surface area contributed by atoms with Gasteiger partial charge in [-0.15, -0.1) is 17.0 Å². The van der Waals surface area contributed by atoms with Gasteiger partial charge in [-0.3, -0.25) is 4.79 Å². The molecule has 0 bridgehead atoms. The van der Waals surface area contributed by atoms with Crippen LogP contribution in [-0.2, 0) is 6.54 Å². The molecule has 0 N–H and O–H groups in total. The molecule has 1 rings (SSSR count). The number of benzene rings is 1. The number of halogens is 4. The van der Waals surface area contributed by atoms with E-state index < -0.39 is 23.0 Å². The molecular weight excluding hydrogens is 360 g/mol. The monoisotopic (exact) mass is 371 g/mol. The lowest BCUT2D eigenvalue weighted by Gasteiger charge is -2.12. The summed E-state index contributed by atoms with van der Waals surface area (Å²) >= 11 is 2.90. The molecule has 0 spiro atoms. The number of hydrogen-bond donors (Lipinski definition) is 0. The number of carbonyl (C=O) groups is 1. The van der Waals surface area contributed by atoms with Crippen molar-refractivity contribution in [1.29, 1.82) is 0 Å². The molecule has 0 radical (unpaired) electrons. The minimum atomic E-state index is -0.815. The van der Waals surface area contributed by atoms with Gasteiger partial charge in [-0.2, -0.15) is 0 Å². The number of hydrogen-bond acceptors (Lipinski definition) is 2. The third-order valence-corrected chi connectivity index (χ3v) is 2.57. The molecule has 0 saturated carbocycles. The third kappa shape index (κ3) is 4.12. The largest absolute Gasteiger partial charge is 0.305 e. The van der Waals surface area contributed by atoms with Gasteiger partial charge in [-0.05, 0) is 20.2 Å². The highest BCUT2D eigenvalue weighted by Gasteiger charge is 2.19. The maximum atomic E-state index is 13.8. The molecule has 0 saturated heterocycles. The van der Waals surface area contributed by atoms with Crippen molar-refractivity contribution in [1.82, 2.24) is 4.90 Å². The molecule has 0 atom stereocenters. The number of alkyl halides is 1. The van der Waals surface area contributed by atoms with Crippen molar-refractivity contribution in [2.75, 3.05) is 19.4 Å². The maximum Gasteiger partial charge on any atom is 0.179 e. The molecule has 0 aliphatic rings. The fourth-order valence-electron chi connectivity index (χ4n) is 1.38. The van der Waals surface area contributed by atoms with E-state index in [1.165, 1.54) is 6.07 Å². The quantitative estimate of drug-likeness (QED) is 0.597. The summed E-state index contributed by atoms with van der Waals surface area (Å²) in [5.74, 6) is -2.17. The molecule has 0 aromatic heterocycles. The van der Waals surface area contributed by atoms with Gasteiger partial charge in [0.1, 0.15) is 11.6 Å². The van der Waals surface area contributed by atoms with E-state index in [2.05, 4.69) is 15.9 Å². The Morgan fingerprint density at radius 1 is 1.35 bits per heavy atom. The minimum Gasteiger partial charge on any atom is -0.305 e. The van der Waals surface area contributed by atoms with Gasteiger partial charge in [0.05, 0.1) is 10.9 Å². The lowest BCUT2D eigenvalue weighted by atomic mass is 10.1. The summed E-state index contributed by atoms with van der Waals surface area (Å²) in [6, 6.07) is 2.48. The normalized spacial score (nSPS) is 10.2. The first kappa shape index (κ1) is 16.7. The van der Waals surface area contributed by atoms with Crippen LogP contribution in [0.4, 0.5) is 8.78 Å². The zero-order valence-corrected chi connectivity index (χ0v) is 12.8. The van der Waals surface area contributed by atoms with Crippen LogP contribution in [0.2, 0.25) is 0 Å². The Morgan fingerprint density at radius 3 is 2.41 bits per heavy atom. The van der Waals surface area contributed by atoms with Crippen LogP contribution in [0.1, 0.15) is 15.9 Å². The second-order valence-corrected chi connectivity index (χ2v) is 4.25. The molecular formula is C11H13Br2F2NO. The van der Waals surface area contributed by atoms with E-state index in [9.17, 15) is 13.6 Å². The van der Waals surface area contributed by atoms with Crippen LogP contribution in [0.5, 0.6) is 0 Å². The highest BCUT2D eigenvalue weighted by atomic mass is 79.9. The Balaban J connectivity index is 0.00000256. The van der Waals surface area contributed by atoms with E-state index in [0.29, 0.717) is 12.1 Å². The molecule has 17 heavy (non-hydrogen) atoms. The zero-order chi connectivity index (χ0) is 12.3. The molecule has 0 aliphatic carbocycles. The van der Waals surface area contributed by atoms with E-state index >= 15 is 0 Å². The number of nitrogens with zero attached hydrogens (tertiary/aromatic N) is 1. The van der Waals surface area contributed by atoms with Crippen molar-refractivity contribution in [3.63, 3.8) is 0 Å². The first-order valence-electron chi connectivity index (χ1n) is 4.68. The molecule has 1 aromatic carbocycles. The summed E-state index contributed by atoms with van der Waals surface area (Å²) in [6.07, 6.45) is 0. The van der Waals surface area contributed by atoms with Gasteiger partial charge in [0.2, 0.25) is 0 Å². The SMILES string of the molecule is Br.CN(C)Cc1ccc(F)c(C(=O)CBr)c1F. The minimum absolute atomic E-state index is 0. The maximum absolute atomic E-state index is 13.8. The Labute approximate surface area is 118 Å². The molecule has 0 fully saturated rings. The smallest absolute Gasteiger partial charge is 0.179 e. The Bertz CT molecular complexity index is 411. The van der Waals surface area contributed by atoms with E-state index in [4.69, 9.17) is 0 Å². The average molecular weight is 373 g/mol. The van der Waals surface area contributed by atoms with E-state index in [-0.39, 0.29) is 22.3 Å². The Morgan fingerprint density at radius 2 is 1.94 bits per heavy atom. The first-order chi connectivity index (χ1) is 7.47. The van der Waals surface area contributed by atoms with Gasteiger partial charge in [0.25, 0.3) is 0 Å². The molecule has 0 heterocycles. The average Bonchev–Trinajstić information content (AvgIpc) is 2.21. The summed E-state index contributed by atoms with van der Waals surface area (Å²) in [4.78, 5) is 13.1. The fourth-order valence-corrected chi connectivity index (χ4v) is 1.66. The van der Waals surface area contributed by atoms with E-state index in [1.54, 1.807) is 19.0 Å². The first-order valence-corrected chi connectivity index (χ1v) is 5.80. The van der Waals surface area contributed by atoms with E-state index in [0.717, 1.165) is 6.07 Å². The van der Waals surface area contributed by atoms with Crippen molar-refractivity contribution >= 4 is 38.7 Å². The zero-order valence-electron chi connectivity index (χ0n) is 9.47. The predicted octanol–water partition coefficient (Wildman–Crippen LogP) is 3.18. The van der Waals surface area contributed by atoms with Crippen LogP contribution < -0.4 is 0 Å². The Kier molecular flexibility index (Phi) is 7.04. The highest BCUT2D eigenvalue weighted by molar-refractivity contribution is 9.09. The van der Waals surface area contributed by atoms with Crippen molar-refractivity contribution < 1.29 is 13.6 Å². The van der Waals surface area contributed by atoms with Gasteiger partial charge in [-0.1, -0.05) is 22.0 Å². The lowest BCUT2D eigenvalue weighted by molar-refractivity contribution is 0.101. The summed E-state index contributed by atoms with van der Waals surface area (Å²) in [6.45, 7) is 0.328. The summed E-state index contributed by atoms with van der Waals surface area (Å²) in [7, 11) is 3.55. The van der Waals surface area contributed by atoms with Crippen LogP contribution in [0, 0.1) is 11.6 Å². The van der Waals surface area contributed by atoms with Crippen molar-refractivity contribution in [3.8, 4) is 0 Å². The number of carbonyl (C=O) groups excluding carboxylic acids is 1. The number of ketones is 1. The van der Waals surface area contributed by atoms with Crippen molar-refractivity contribution in [2.24, 2.45) is 0 Å². The van der Waals surface area contributed by atoms with Crippen LogP contribution >= 0.6 is 32.9 Å². The second kappa shape index (κ2) is 7.18. The second-order valence-electron chi connectivity index (χ2n) is 3.69. The van der Waals surface area contributed by atoms with Gasteiger partial charge in [-0.25, -0.2) is 8.78 Å². The van der Waals surface area contributed by atoms with E-state index in [1.807, 2.05) is 0 Å². The number of rotatable bonds is 4. The summed E-state index contributed by atoms with van der Waals surface area (Å²) in [5.41, 5.74) is -0.146.